The second kappa shape index (κ2) is 6.10. The third kappa shape index (κ3) is 3.01. The molecule has 0 aliphatic rings. The van der Waals surface area contributed by atoms with Gasteiger partial charge in [-0.25, -0.2) is 9.37 Å². The van der Waals surface area contributed by atoms with Crippen LogP contribution in [-0.4, -0.2) is 15.9 Å². The summed E-state index contributed by atoms with van der Waals surface area (Å²) < 4.78 is 14.4. The largest absolute Gasteiger partial charge is 0.273 e. The van der Waals surface area contributed by atoms with Crippen molar-refractivity contribution in [2.45, 2.75) is 6.92 Å². The lowest BCUT2D eigenvalue weighted by molar-refractivity contribution is 0.0963. The number of carbonyl (C=O) groups excluding carboxylic acids is 1. The Bertz CT molecular complexity index is 1110. The van der Waals surface area contributed by atoms with Gasteiger partial charge in [0.15, 0.2) is 0 Å². The third-order valence-electron chi connectivity index (χ3n) is 3.74. The van der Waals surface area contributed by atoms with Crippen molar-refractivity contribution in [1.29, 1.82) is 0 Å². The molecule has 0 aliphatic heterocycles. The molecule has 7 heteroatoms. The molecule has 2 heterocycles. The lowest BCUT2D eigenvalue weighted by Gasteiger charge is -2.06. The molecule has 5 nitrogen and oxygen atoms in total. The maximum absolute atomic E-state index is 13.7. The van der Waals surface area contributed by atoms with Crippen LogP contribution in [0.15, 0.2) is 48.5 Å². The number of aryl methyl sites for hydroxylation is 1. The highest BCUT2D eigenvalue weighted by atomic mass is 32.1. The molecule has 4 rings (SSSR count). The molecule has 0 unspecified atom stereocenters. The molecule has 2 N–H and O–H groups in total. The van der Waals surface area contributed by atoms with Crippen molar-refractivity contribution in [3.63, 3.8) is 0 Å². The Labute approximate surface area is 146 Å². The van der Waals surface area contributed by atoms with E-state index < -0.39 is 0 Å². The quantitative estimate of drug-likeness (QED) is 0.546. The van der Waals surface area contributed by atoms with Gasteiger partial charge < -0.3 is 0 Å². The van der Waals surface area contributed by atoms with Gasteiger partial charge in [-0.1, -0.05) is 23.5 Å². The van der Waals surface area contributed by atoms with E-state index in [1.54, 1.807) is 24.3 Å². The van der Waals surface area contributed by atoms with Crippen molar-refractivity contribution in [2.24, 2.45) is 0 Å². The highest BCUT2D eigenvalue weighted by Crippen LogP contribution is 2.27. The molecule has 0 spiro atoms. The number of hydrogen-bond acceptors (Lipinski definition) is 5. The molecule has 0 bridgehead atoms. The first-order chi connectivity index (χ1) is 12.1. The van der Waals surface area contributed by atoms with Crippen LogP contribution in [0.2, 0.25) is 0 Å². The number of pyridine rings is 1. The number of para-hydroxylation sites is 1. The second-order valence-electron chi connectivity index (χ2n) is 5.54. The van der Waals surface area contributed by atoms with Crippen LogP contribution in [0.5, 0.6) is 0 Å². The fourth-order valence-electron chi connectivity index (χ4n) is 2.52. The number of aromatic nitrogens is 2. The number of thiazole rings is 1. The summed E-state index contributed by atoms with van der Waals surface area (Å²) in [5.74, 6) is -0.687. The highest BCUT2D eigenvalue weighted by molar-refractivity contribution is 7.22. The van der Waals surface area contributed by atoms with Crippen molar-refractivity contribution in [3.05, 3.63) is 65.6 Å². The first kappa shape index (κ1) is 15.5. The normalized spacial score (nSPS) is 11.0. The van der Waals surface area contributed by atoms with Crippen molar-refractivity contribution in [1.82, 2.24) is 15.4 Å². The van der Waals surface area contributed by atoms with Gasteiger partial charge in [0, 0.05) is 16.6 Å². The van der Waals surface area contributed by atoms with Gasteiger partial charge in [-0.15, -0.1) is 0 Å². The summed E-state index contributed by atoms with van der Waals surface area (Å²) in [6.07, 6.45) is 0. The zero-order chi connectivity index (χ0) is 17.4. The highest BCUT2D eigenvalue weighted by Gasteiger charge is 2.10. The van der Waals surface area contributed by atoms with Gasteiger partial charge in [0.25, 0.3) is 5.91 Å². The van der Waals surface area contributed by atoms with Gasteiger partial charge in [-0.3, -0.25) is 20.6 Å². The molecule has 0 saturated carbocycles. The number of halogens is 1. The van der Waals surface area contributed by atoms with Crippen LogP contribution in [-0.2, 0) is 0 Å². The van der Waals surface area contributed by atoms with E-state index in [4.69, 9.17) is 0 Å². The van der Waals surface area contributed by atoms with Gasteiger partial charge in [0.05, 0.1) is 10.2 Å². The van der Waals surface area contributed by atoms with Gasteiger partial charge in [-0.2, -0.15) is 0 Å². The van der Waals surface area contributed by atoms with Crippen LogP contribution in [0.3, 0.4) is 0 Å². The monoisotopic (exact) mass is 352 g/mol. The summed E-state index contributed by atoms with van der Waals surface area (Å²) in [4.78, 5) is 20.9. The van der Waals surface area contributed by atoms with Crippen LogP contribution >= 0.6 is 11.3 Å². The number of anilines is 1. The molecule has 2 aromatic heterocycles. The molecule has 25 heavy (non-hydrogen) atoms. The van der Waals surface area contributed by atoms with Crippen LogP contribution in [0.25, 0.3) is 21.1 Å². The van der Waals surface area contributed by atoms with E-state index in [0.29, 0.717) is 15.4 Å². The third-order valence-corrected chi connectivity index (χ3v) is 4.68. The molecule has 0 saturated heterocycles. The van der Waals surface area contributed by atoms with E-state index in [2.05, 4.69) is 20.8 Å². The number of benzene rings is 2. The van der Waals surface area contributed by atoms with E-state index in [0.717, 1.165) is 16.6 Å². The average molecular weight is 352 g/mol. The first-order valence-electron chi connectivity index (χ1n) is 7.59. The number of nitrogens with one attached hydrogen (secondary N) is 2. The van der Waals surface area contributed by atoms with E-state index in [1.165, 1.54) is 17.4 Å². The number of hydrogen-bond donors (Lipinski definition) is 2. The Balaban J connectivity index is 1.53. The number of amides is 1. The molecular weight excluding hydrogens is 339 g/mol. The summed E-state index contributed by atoms with van der Waals surface area (Å²) in [6, 6.07) is 13.9. The van der Waals surface area contributed by atoms with Crippen LogP contribution < -0.4 is 10.9 Å². The summed E-state index contributed by atoms with van der Waals surface area (Å²) in [7, 11) is 0. The van der Waals surface area contributed by atoms with Crippen molar-refractivity contribution in [2.75, 3.05) is 5.43 Å². The Morgan fingerprint density at radius 1 is 1.12 bits per heavy atom. The second-order valence-corrected chi connectivity index (χ2v) is 6.58. The summed E-state index contributed by atoms with van der Waals surface area (Å²) in [5.41, 5.74) is 7.88. The maximum Gasteiger partial charge on any atom is 0.269 e. The van der Waals surface area contributed by atoms with Gasteiger partial charge >= 0.3 is 0 Å². The fraction of sp³-hybridized carbons (Fsp3) is 0.0556. The lowest BCUT2D eigenvalue weighted by Crippen LogP contribution is -2.29. The summed E-state index contributed by atoms with van der Waals surface area (Å²) >= 11 is 1.27. The molecule has 0 fully saturated rings. The average Bonchev–Trinajstić information content (AvgIpc) is 3.04. The summed E-state index contributed by atoms with van der Waals surface area (Å²) in [5, 5.41) is 1.31. The SMILES string of the molecule is Cc1ccc2cc(C(=O)NNc3nc4c(F)cccc4s3)ccc2n1. The first-order valence-corrected chi connectivity index (χ1v) is 8.41. The molecular formula is C18H13FN4OS. The molecule has 1 amide bonds. The van der Waals surface area contributed by atoms with Gasteiger partial charge in [-0.05, 0) is 43.3 Å². The summed E-state index contributed by atoms with van der Waals surface area (Å²) in [6.45, 7) is 1.92. The predicted molar refractivity (Wildman–Crippen MR) is 97.1 cm³/mol. The Morgan fingerprint density at radius 2 is 2.00 bits per heavy atom. The zero-order valence-electron chi connectivity index (χ0n) is 13.2. The topological polar surface area (TPSA) is 66.9 Å². The zero-order valence-corrected chi connectivity index (χ0v) is 14.0. The van der Waals surface area contributed by atoms with Crippen LogP contribution in [0, 0.1) is 12.7 Å². The lowest BCUT2D eigenvalue weighted by atomic mass is 10.1. The Kier molecular flexibility index (Phi) is 3.77. The van der Waals surface area contributed by atoms with Crippen molar-refractivity contribution < 1.29 is 9.18 Å². The van der Waals surface area contributed by atoms with E-state index in [-0.39, 0.29) is 17.2 Å². The van der Waals surface area contributed by atoms with Crippen molar-refractivity contribution >= 4 is 43.5 Å². The van der Waals surface area contributed by atoms with E-state index >= 15 is 0 Å². The predicted octanol–water partition coefficient (Wildman–Crippen LogP) is 4.05. The molecule has 2 aromatic carbocycles. The minimum Gasteiger partial charge on any atom is -0.273 e. The number of fused-ring (bicyclic) bond motifs is 2. The fourth-order valence-corrected chi connectivity index (χ4v) is 3.35. The minimum atomic E-state index is -0.384. The smallest absolute Gasteiger partial charge is 0.269 e. The number of hydrazine groups is 1. The van der Waals surface area contributed by atoms with Gasteiger partial charge in [0.1, 0.15) is 11.3 Å². The molecule has 0 aliphatic carbocycles. The van der Waals surface area contributed by atoms with Crippen LogP contribution in [0.1, 0.15) is 16.1 Å². The molecule has 124 valence electrons. The van der Waals surface area contributed by atoms with Gasteiger partial charge in [0.2, 0.25) is 5.13 Å². The van der Waals surface area contributed by atoms with Crippen molar-refractivity contribution in [3.8, 4) is 0 Å². The molecule has 0 atom stereocenters. The number of carbonyl (C=O) groups is 1. The molecule has 0 radical (unpaired) electrons. The maximum atomic E-state index is 13.7. The minimum absolute atomic E-state index is 0.288. The molecule has 4 aromatic rings. The standard InChI is InChI=1S/C18H13FN4OS/c1-10-5-6-11-9-12(7-8-14(11)20-10)17(24)22-23-18-21-16-13(19)3-2-4-15(16)25-18/h2-9H,1H3,(H,21,23)(H,22,24). The number of rotatable bonds is 3. The van der Waals surface area contributed by atoms with E-state index in [9.17, 15) is 9.18 Å². The number of nitrogens with zero attached hydrogens (tertiary/aromatic N) is 2. The Hall–Kier alpha value is -3.06. The van der Waals surface area contributed by atoms with Crippen LogP contribution in [0.4, 0.5) is 9.52 Å². The Morgan fingerprint density at radius 3 is 2.84 bits per heavy atom. The van der Waals surface area contributed by atoms with E-state index in [1.807, 2.05) is 25.1 Å².